The lowest BCUT2D eigenvalue weighted by molar-refractivity contribution is -0.195. The molecule has 2 aliphatic heterocycles. The Labute approximate surface area is 132 Å². The number of nitrogens with zero attached hydrogens (tertiary/aromatic N) is 3. The number of hydrogen-bond acceptors (Lipinski definition) is 5. The average molecular weight is 303 g/mol. The van der Waals surface area contributed by atoms with Crippen LogP contribution >= 0.6 is 0 Å². The van der Waals surface area contributed by atoms with E-state index in [9.17, 15) is 0 Å². The summed E-state index contributed by atoms with van der Waals surface area (Å²) in [6.45, 7) is 3.94. The van der Waals surface area contributed by atoms with Gasteiger partial charge in [0, 0.05) is 38.1 Å². The van der Waals surface area contributed by atoms with E-state index in [1.165, 1.54) is 25.7 Å². The van der Waals surface area contributed by atoms with Crippen LogP contribution in [0.5, 0.6) is 5.88 Å². The van der Waals surface area contributed by atoms with Gasteiger partial charge in [-0.05, 0) is 38.0 Å². The minimum Gasteiger partial charge on any atom is -0.477 e. The number of hydrogen-bond donors (Lipinski definition) is 0. The molecule has 3 heterocycles. The van der Waals surface area contributed by atoms with E-state index in [1.54, 1.807) is 18.6 Å². The van der Waals surface area contributed by atoms with Gasteiger partial charge in [-0.15, -0.1) is 0 Å². The van der Waals surface area contributed by atoms with E-state index in [4.69, 9.17) is 9.47 Å². The first-order chi connectivity index (χ1) is 10.8. The van der Waals surface area contributed by atoms with Crippen molar-refractivity contribution in [3.63, 3.8) is 0 Å². The third-order valence-electron chi connectivity index (χ3n) is 5.48. The first-order valence-corrected chi connectivity index (χ1v) is 8.60. The van der Waals surface area contributed by atoms with E-state index in [2.05, 4.69) is 14.9 Å². The molecule has 0 unspecified atom stereocenters. The lowest BCUT2D eigenvalue weighted by Crippen LogP contribution is -2.68. The van der Waals surface area contributed by atoms with Crippen molar-refractivity contribution in [3.05, 3.63) is 18.6 Å². The van der Waals surface area contributed by atoms with E-state index in [1.807, 2.05) is 0 Å². The molecule has 1 spiro atoms. The van der Waals surface area contributed by atoms with Crippen LogP contribution in [0.3, 0.4) is 0 Å². The van der Waals surface area contributed by atoms with E-state index >= 15 is 0 Å². The van der Waals surface area contributed by atoms with Gasteiger partial charge in [-0.3, -0.25) is 9.88 Å². The Bertz CT molecular complexity index is 486. The summed E-state index contributed by atoms with van der Waals surface area (Å²) in [7, 11) is 0. The van der Waals surface area contributed by atoms with Gasteiger partial charge in [0.05, 0.1) is 18.4 Å². The molecule has 5 heteroatoms. The zero-order valence-corrected chi connectivity index (χ0v) is 13.1. The van der Waals surface area contributed by atoms with Crippen LogP contribution < -0.4 is 4.74 Å². The largest absolute Gasteiger partial charge is 0.477 e. The molecule has 1 saturated carbocycles. The van der Waals surface area contributed by atoms with Gasteiger partial charge >= 0.3 is 0 Å². The molecule has 0 N–H and O–H groups in total. The third-order valence-corrected chi connectivity index (χ3v) is 5.48. The summed E-state index contributed by atoms with van der Waals surface area (Å²) >= 11 is 0. The Morgan fingerprint density at radius 2 is 2.18 bits per heavy atom. The van der Waals surface area contributed by atoms with Gasteiger partial charge in [0.15, 0.2) is 0 Å². The summed E-state index contributed by atoms with van der Waals surface area (Å²) in [6.07, 6.45) is 12.7. The summed E-state index contributed by atoms with van der Waals surface area (Å²) < 4.78 is 11.8. The highest BCUT2D eigenvalue weighted by molar-refractivity contribution is 5.04. The molecule has 0 radical (unpaired) electrons. The lowest BCUT2D eigenvalue weighted by atomic mass is 9.76. The van der Waals surface area contributed by atoms with Gasteiger partial charge in [-0.2, -0.15) is 0 Å². The number of rotatable bonds is 5. The van der Waals surface area contributed by atoms with Crippen LogP contribution in [0, 0.1) is 5.92 Å². The molecular formula is C17H25N3O2. The predicted octanol–water partition coefficient (Wildman–Crippen LogP) is 2.28. The molecule has 22 heavy (non-hydrogen) atoms. The maximum absolute atomic E-state index is 6.14. The Morgan fingerprint density at radius 1 is 1.27 bits per heavy atom. The van der Waals surface area contributed by atoms with Gasteiger partial charge in [0.2, 0.25) is 5.88 Å². The highest BCUT2D eigenvalue weighted by Crippen LogP contribution is 2.41. The van der Waals surface area contributed by atoms with Gasteiger partial charge < -0.3 is 9.47 Å². The zero-order chi connectivity index (χ0) is 14.8. The van der Waals surface area contributed by atoms with Crippen LogP contribution in [0.25, 0.3) is 0 Å². The van der Waals surface area contributed by atoms with Gasteiger partial charge in [0.25, 0.3) is 0 Å². The van der Waals surface area contributed by atoms with E-state index in [0.29, 0.717) is 11.8 Å². The fourth-order valence-corrected chi connectivity index (χ4v) is 3.99. The van der Waals surface area contributed by atoms with Crippen molar-refractivity contribution in [1.29, 1.82) is 0 Å². The topological polar surface area (TPSA) is 47.5 Å². The molecular weight excluding hydrogens is 278 g/mol. The summed E-state index contributed by atoms with van der Waals surface area (Å²) in [4.78, 5) is 10.8. The Kier molecular flexibility index (Phi) is 4.01. The molecule has 1 aromatic rings. The average Bonchev–Trinajstić information content (AvgIpc) is 2.46. The molecule has 0 amide bonds. The lowest BCUT2D eigenvalue weighted by Gasteiger charge is -2.57. The maximum Gasteiger partial charge on any atom is 0.232 e. The third kappa shape index (κ3) is 2.97. The summed E-state index contributed by atoms with van der Waals surface area (Å²) in [5.41, 5.74) is 0.158. The monoisotopic (exact) mass is 303 g/mol. The molecule has 4 rings (SSSR count). The predicted molar refractivity (Wildman–Crippen MR) is 82.8 cm³/mol. The van der Waals surface area contributed by atoms with Crippen LogP contribution in [-0.2, 0) is 4.74 Å². The van der Waals surface area contributed by atoms with Crippen LogP contribution in [0.2, 0.25) is 0 Å². The van der Waals surface area contributed by atoms with Crippen LogP contribution in [0.15, 0.2) is 18.6 Å². The first-order valence-electron chi connectivity index (χ1n) is 8.60. The van der Waals surface area contributed by atoms with Gasteiger partial charge in [0.1, 0.15) is 0 Å². The van der Waals surface area contributed by atoms with Crippen molar-refractivity contribution in [2.75, 3.05) is 26.3 Å². The van der Waals surface area contributed by atoms with Crippen molar-refractivity contribution in [1.82, 2.24) is 14.9 Å². The molecule has 120 valence electrons. The minimum atomic E-state index is 0.158. The standard InChI is InChI=1S/C17H25N3O2/c1-2-15(3-1)20-12-17(13-20)10-14(5-9-22-17)4-8-21-16-11-18-6-7-19-16/h6-7,11,14-15H,1-5,8-10,12-13H2/t14-/m1/s1. The molecule has 0 aromatic carbocycles. The van der Waals surface area contributed by atoms with Crippen molar-refractivity contribution < 1.29 is 9.47 Å². The van der Waals surface area contributed by atoms with E-state index in [-0.39, 0.29) is 5.60 Å². The number of likely N-dealkylation sites (tertiary alicyclic amines) is 1. The molecule has 1 aliphatic carbocycles. The highest BCUT2D eigenvalue weighted by atomic mass is 16.5. The molecule has 5 nitrogen and oxygen atoms in total. The molecule has 0 bridgehead atoms. The fraction of sp³-hybridized carbons (Fsp3) is 0.765. The molecule has 2 saturated heterocycles. The quantitative estimate of drug-likeness (QED) is 0.835. The van der Waals surface area contributed by atoms with Gasteiger partial charge in [-0.1, -0.05) is 6.42 Å². The van der Waals surface area contributed by atoms with Crippen LogP contribution in [0.1, 0.15) is 38.5 Å². The second-order valence-corrected chi connectivity index (χ2v) is 7.06. The fourth-order valence-electron chi connectivity index (χ4n) is 3.99. The Hall–Kier alpha value is -1.20. The Morgan fingerprint density at radius 3 is 2.91 bits per heavy atom. The summed E-state index contributed by atoms with van der Waals surface area (Å²) in [5.74, 6) is 1.35. The Balaban J connectivity index is 1.22. The van der Waals surface area contributed by atoms with E-state index < -0.39 is 0 Å². The van der Waals surface area contributed by atoms with Crippen LogP contribution in [0.4, 0.5) is 0 Å². The maximum atomic E-state index is 6.14. The first kappa shape index (κ1) is 14.4. The minimum absolute atomic E-state index is 0.158. The van der Waals surface area contributed by atoms with Crippen molar-refractivity contribution in [3.8, 4) is 5.88 Å². The number of ether oxygens (including phenoxy) is 2. The second-order valence-electron chi connectivity index (χ2n) is 7.06. The smallest absolute Gasteiger partial charge is 0.232 e. The van der Waals surface area contributed by atoms with Crippen LogP contribution in [-0.4, -0.2) is 52.8 Å². The molecule has 1 atom stereocenters. The molecule has 3 fully saturated rings. The summed E-state index contributed by atoms with van der Waals surface area (Å²) in [5, 5.41) is 0. The van der Waals surface area contributed by atoms with Crippen molar-refractivity contribution in [2.24, 2.45) is 5.92 Å². The number of aromatic nitrogens is 2. The normalized spacial score (nSPS) is 28.1. The van der Waals surface area contributed by atoms with Gasteiger partial charge in [-0.25, -0.2) is 4.98 Å². The summed E-state index contributed by atoms with van der Waals surface area (Å²) in [6, 6.07) is 0.856. The second kappa shape index (κ2) is 6.13. The van der Waals surface area contributed by atoms with Crippen molar-refractivity contribution >= 4 is 0 Å². The van der Waals surface area contributed by atoms with E-state index in [0.717, 1.165) is 45.2 Å². The highest BCUT2D eigenvalue weighted by Gasteiger charge is 2.49. The molecule has 1 aromatic heterocycles. The molecule has 3 aliphatic rings. The zero-order valence-electron chi connectivity index (χ0n) is 13.1. The SMILES string of the molecule is c1cnc(OCC[C@@H]2CCOC3(C2)CN(C2CCC2)C3)cn1. The van der Waals surface area contributed by atoms with Crippen molar-refractivity contribution in [2.45, 2.75) is 50.2 Å².